The van der Waals surface area contributed by atoms with Gasteiger partial charge in [-0.15, -0.1) is 0 Å². The molecule has 3 aromatic carbocycles. The van der Waals surface area contributed by atoms with Crippen LogP contribution in [0.25, 0.3) is 0 Å². The summed E-state index contributed by atoms with van der Waals surface area (Å²) in [6, 6.07) is 19.8. The van der Waals surface area contributed by atoms with Gasteiger partial charge in [-0.2, -0.15) is 0 Å². The Labute approximate surface area is 242 Å². The van der Waals surface area contributed by atoms with E-state index < -0.39 is 28.5 Å². The summed E-state index contributed by atoms with van der Waals surface area (Å²) in [7, 11) is -4.09. The summed E-state index contributed by atoms with van der Waals surface area (Å²) in [6.45, 7) is 5.11. The van der Waals surface area contributed by atoms with Crippen molar-refractivity contribution in [3.05, 3.63) is 94.5 Å². The molecule has 0 bridgehead atoms. The fourth-order valence-electron chi connectivity index (χ4n) is 5.10. The number of hydrogen-bond acceptors (Lipinski definition) is 4. The number of amides is 2. The van der Waals surface area contributed by atoms with Crippen molar-refractivity contribution >= 4 is 39.1 Å². The number of rotatable bonds is 10. The number of anilines is 1. The van der Waals surface area contributed by atoms with Crippen molar-refractivity contribution in [2.45, 2.75) is 70.0 Å². The highest BCUT2D eigenvalue weighted by Crippen LogP contribution is 2.27. The van der Waals surface area contributed by atoms with Crippen LogP contribution in [0.4, 0.5) is 5.69 Å². The molecular weight excluding hydrogens is 546 g/mol. The molecule has 212 valence electrons. The summed E-state index contributed by atoms with van der Waals surface area (Å²) in [6.07, 6.45) is 3.96. The van der Waals surface area contributed by atoms with Crippen LogP contribution in [0.1, 0.15) is 49.3 Å². The summed E-state index contributed by atoms with van der Waals surface area (Å²) in [5.74, 6) is -0.735. The van der Waals surface area contributed by atoms with E-state index in [2.05, 4.69) is 5.32 Å². The molecule has 1 saturated carbocycles. The molecule has 2 amide bonds. The Bertz CT molecular complexity index is 1420. The van der Waals surface area contributed by atoms with E-state index in [4.69, 9.17) is 11.6 Å². The minimum atomic E-state index is -4.09. The van der Waals surface area contributed by atoms with Crippen molar-refractivity contribution in [2.75, 3.05) is 10.8 Å². The van der Waals surface area contributed by atoms with Gasteiger partial charge in [0.15, 0.2) is 0 Å². The number of nitrogens with zero attached hydrogens (tertiary/aromatic N) is 2. The van der Waals surface area contributed by atoms with Crippen LogP contribution in [0, 0.1) is 13.8 Å². The number of nitrogens with one attached hydrogen (secondary N) is 1. The molecule has 0 aliphatic heterocycles. The Morgan fingerprint density at radius 1 is 0.950 bits per heavy atom. The van der Waals surface area contributed by atoms with Gasteiger partial charge in [0.2, 0.25) is 11.8 Å². The Morgan fingerprint density at radius 2 is 1.55 bits per heavy atom. The maximum absolute atomic E-state index is 14.0. The number of halogens is 1. The lowest BCUT2D eigenvalue weighted by Gasteiger charge is -2.32. The zero-order valence-electron chi connectivity index (χ0n) is 23.1. The minimum Gasteiger partial charge on any atom is -0.352 e. The van der Waals surface area contributed by atoms with Crippen molar-refractivity contribution in [3.8, 4) is 0 Å². The van der Waals surface area contributed by atoms with E-state index in [-0.39, 0.29) is 23.4 Å². The average Bonchev–Trinajstić information content (AvgIpc) is 3.43. The first-order chi connectivity index (χ1) is 19.0. The molecule has 9 heteroatoms. The molecule has 0 saturated heterocycles. The number of carbonyl (C=O) groups excluding carboxylic acids is 2. The molecule has 0 radical (unpaired) electrons. The summed E-state index contributed by atoms with van der Waals surface area (Å²) in [5, 5.41) is 3.64. The fourth-order valence-corrected chi connectivity index (χ4v) is 6.65. The Balaban J connectivity index is 1.69. The van der Waals surface area contributed by atoms with Gasteiger partial charge in [0, 0.05) is 17.6 Å². The molecule has 1 atom stereocenters. The van der Waals surface area contributed by atoms with Crippen LogP contribution in [0.2, 0.25) is 5.02 Å². The van der Waals surface area contributed by atoms with Crippen LogP contribution in [0.3, 0.4) is 0 Å². The van der Waals surface area contributed by atoms with Gasteiger partial charge in [0.25, 0.3) is 10.0 Å². The lowest BCUT2D eigenvalue weighted by molar-refractivity contribution is -0.139. The third-order valence-electron chi connectivity index (χ3n) is 7.24. The van der Waals surface area contributed by atoms with Gasteiger partial charge in [-0.1, -0.05) is 60.8 Å². The molecule has 0 heterocycles. The van der Waals surface area contributed by atoms with Gasteiger partial charge in [-0.05, 0) is 86.7 Å². The molecule has 3 aromatic rings. The van der Waals surface area contributed by atoms with Crippen LogP contribution < -0.4 is 9.62 Å². The molecule has 0 spiro atoms. The Kier molecular flexibility index (Phi) is 9.53. The van der Waals surface area contributed by atoms with E-state index in [1.165, 1.54) is 17.0 Å². The Morgan fingerprint density at radius 3 is 2.15 bits per heavy atom. The predicted molar refractivity (Wildman–Crippen MR) is 159 cm³/mol. The molecule has 40 heavy (non-hydrogen) atoms. The second kappa shape index (κ2) is 12.9. The maximum Gasteiger partial charge on any atom is 0.264 e. The third-order valence-corrected chi connectivity index (χ3v) is 9.28. The van der Waals surface area contributed by atoms with Gasteiger partial charge in [0.1, 0.15) is 12.6 Å². The smallest absolute Gasteiger partial charge is 0.264 e. The summed E-state index contributed by atoms with van der Waals surface area (Å²) in [4.78, 5) is 28.9. The van der Waals surface area contributed by atoms with E-state index in [0.29, 0.717) is 10.7 Å². The highest BCUT2D eigenvalue weighted by molar-refractivity contribution is 7.92. The van der Waals surface area contributed by atoms with E-state index in [0.717, 1.165) is 46.7 Å². The van der Waals surface area contributed by atoms with Crippen LogP contribution in [0.5, 0.6) is 0 Å². The van der Waals surface area contributed by atoms with Crippen molar-refractivity contribution in [1.82, 2.24) is 10.2 Å². The topological polar surface area (TPSA) is 86.8 Å². The molecule has 1 aliphatic rings. The highest BCUT2D eigenvalue weighted by atomic mass is 35.5. The summed E-state index contributed by atoms with van der Waals surface area (Å²) < 4.78 is 28.9. The van der Waals surface area contributed by atoms with Crippen LogP contribution in [-0.2, 0) is 26.2 Å². The SMILES string of the molecule is Cc1cc(C)cc(N(CC(=O)N(Cc2ccc(Cl)cc2)C(C)C(=O)NC2CCCC2)S(=O)(=O)c2ccccc2)c1. The largest absolute Gasteiger partial charge is 0.352 e. The first-order valence-corrected chi connectivity index (χ1v) is 15.4. The summed E-state index contributed by atoms with van der Waals surface area (Å²) in [5.41, 5.74) is 2.92. The second-order valence-electron chi connectivity index (χ2n) is 10.5. The highest BCUT2D eigenvalue weighted by Gasteiger charge is 2.33. The normalized spacial score (nSPS) is 14.5. The third kappa shape index (κ3) is 7.23. The molecule has 4 rings (SSSR count). The number of hydrogen-bond donors (Lipinski definition) is 1. The van der Waals surface area contributed by atoms with Crippen molar-refractivity contribution in [3.63, 3.8) is 0 Å². The van der Waals surface area contributed by atoms with Gasteiger partial charge >= 0.3 is 0 Å². The number of benzene rings is 3. The van der Waals surface area contributed by atoms with Gasteiger partial charge in [-0.3, -0.25) is 13.9 Å². The maximum atomic E-state index is 14.0. The quantitative estimate of drug-likeness (QED) is 0.336. The lowest BCUT2D eigenvalue weighted by Crippen LogP contribution is -2.52. The van der Waals surface area contributed by atoms with E-state index in [1.807, 2.05) is 19.9 Å². The lowest BCUT2D eigenvalue weighted by atomic mass is 10.1. The number of sulfonamides is 1. The molecule has 1 unspecified atom stereocenters. The van der Waals surface area contributed by atoms with E-state index in [1.54, 1.807) is 61.5 Å². The molecular formula is C31H36ClN3O4S. The van der Waals surface area contributed by atoms with E-state index in [9.17, 15) is 18.0 Å². The average molecular weight is 582 g/mol. The Hall–Kier alpha value is -3.36. The first-order valence-electron chi connectivity index (χ1n) is 13.5. The molecule has 7 nitrogen and oxygen atoms in total. The molecule has 1 N–H and O–H groups in total. The number of aryl methyl sites for hydroxylation is 2. The zero-order chi connectivity index (χ0) is 28.9. The standard InChI is InChI=1S/C31H36ClN3O4S/c1-22-17-23(2)19-28(18-22)35(40(38,39)29-11-5-4-6-12-29)21-30(36)34(20-25-13-15-26(32)16-14-25)24(3)31(37)33-27-9-7-8-10-27/h4-6,11-19,24,27H,7-10,20-21H2,1-3H3,(H,33,37). The number of carbonyl (C=O) groups is 2. The minimum absolute atomic E-state index is 0.0817. The van der Waals surface area contributed by atoms with Crippen LogP contribution >= 0.6 is 11.6 Å². The fraction of sp³-hybridized carbons (Fsp3) is 0.355. The van der Waals surface area contributed by atoms with Crippen LogP contribution in [0.15, 0.2) is 77.7 Å². The van der Waals surface area contributed by atoms with Crippen molar-refractivity contribution in [2.24, 2.45) is 0 Å². The summed E-state index contributed by atoms with van der Waals surface area (Å²) >= 11 is 6.07. The molecule has 1 fully saturated rings. The monoisotopic (exact) mass is 581 g/mol. The van der Waals surface area contributed by atoms with Gasteiger partial charge < -0.3 is 10.2 Å². The zero-order valence-corrected chi connectivity index (χ0v) is 24.7. The van der Waals surface area contributed by atoms with Gasteiger partial charge in [0.05, 0.1) is 10.6 Å². The second-order valence-corrected chi connectivity index (χ2v) is 12.8. The first kappa shape index (κ1) is 29.6. The predicted octanol–water partition coefficient (Wildman–Crippen LogP) is 5.63. The molecule has 1 aliphatic carbocycles. The molecule has 0 aromatic heterocycles. The van der Waals surface area contributed by atoms with E-state index >= 15 is 0 Å². The van der Waals surface area contributed by atoms with Crippen molar-refractivity contribution in [1.29, 1.82) is 0 Å². The van der Waals surface area contributed by atoms with Crippen LogP contribution in [-0.4, -0.2) is 43.8 Å². The van der Waals surface area contributed by atoms with Gasteiger partial charge in [-0.25, -0.2) is 8.42 Å². The van der Waals surface area contributed by atoms with Crippen molar-refractivity contribution < 1.29 is 18.0 Å².